The van der Waals surface area contributed by atoms with Gasteiger partial charge in [0.15, 0.2) is 0 Å². The third kappa shape index (κ3) is 1.39. The third-order valence-corrected chi connectivity index (χ3v) is 3.13. The van der Waals surface area contributed by atoms with Gasteiger partial charge in [-0.2, -0.15) is 0 Å². The van der Waals surface area contributed by atoms with Crippen LogP contribution in [0, 0.1) is 0 Å². The smallest absolute Gasteiger partial charge is 0.113 e. The Morgan fingerprint density at radius 2 is 2.33 bits per heavy atom. The Hall–Kier alpha value is -0.410. The highest BCUT2D eigenvalue weighted by Crippen LogP contribution is 2.46. The van der Waals surface area contributed by atoms with Crippen LogP contribution in [-0.4, -0.2) is 11.0 Å². The first-order valence-electron chi connectivity index (χ1n) is 4.41. The summed E-state index contributed by atoms with van der Waals surface area (Å²) in [6, 6.07) is 0.552. The maximum atomic E-state index is 4.36. The summed E-state index contributed by atoms with van der Waals surface area (Å²) in [5.41, 5.74) is 0.252. The van der Waals surface area contributed by atoms with Crippen LogP contribution in [0.2, 0.25) is 0 Å². The summed E-state index contributed by atoms with van der Waals surface area (Å²) in [6.45, 7) is 4.38. The van der Waals surface area contributed by atoms with Crippen molar-refractivity contribution in [3.63, 3.8) is 0 Å². The van der Waals surface area contributed by atoms with E-state index in [0.29, 0.717) is 6.04 Å². The van der Waals surface area contributed by atoms with Crippen LogP contribution in [-0.2, 0) is 5.54 Å². The second kappa shape index (κ2) is 2.82. The van der Waals surface area contributed by atoms with Gasteiger partial charge in [-0.15, -0.1) is 11.3 Å². The quantitative estimate of drug-likeness (QED) is 0.774. The van der Waals surface area contributed by atoms with Crippen molar-refractivity contribution in [1.82, 2.24) is 10.3 Å². The maximum Gasteiger partial charge on any atom is 0.113 e. The van der Waals surface area contributed by atoms with Crippen LogP contribution in [0.3, 0.4) is 0 Å². The molecular formula is C9H14N2S. The van der Waals surface area contributed by atoms with Crippen molar-refractivity contribution in [2.24, 2.45) is 0 Å². The molecule has 0 saturated heterocycles. The predicted molar refractivity (Wildman–Crippen MR) is 51.3 cm³/mol. The van der Waals surface area contributed by atoms with E-state index < -0.39 is 0 Å². The molecule has 0 amide bonds. The molecule has 0 bridgehead atoms. The molecule has 1 N–H and O–H groups in total. The minimum absolute atomic E-state index is 0.252. The zero-order valence-corrected chi connectivity index (χ0v) is 8.32. The summed E-state index contributed by atoms with van der Waals surface area (Å²) in [7, 11) is 0. The standard InChI is InChI=1S/C9H14N2S/c1-7(2)11-9(3-4-9)8-10-5-6-12-8/h5-7,11H,3-4H2,1-2H3. The van der Waals surface area contributed by atoms with E-state index in [1.54, 1.807) is 11.3 Å². The molecule has 1 saturated carbocycles. The SMILES string of the molecule is CC(C)NC1(c2nccs2)CC1. The van der Waals surface area contributed by atoms with Gasteiger partial charge in [0.1, 0.15) is 5.01 Å². The highest BCUT2D eigenvalue weighted by Gasteiger charge is 2.46. The normalized spacial score (nSPS) is 19.9. The summed E-state index contributed by atoms with van der Waals surface area (Å²) in [5.74, 6) is 0. The fourth-order valence-corrected chi connectivity index (χ4v) is 2.42. The van der Waals surface area contributed by atoms with Crippen molar-refractivity contribution in [1.29, 1.82) is 0 Å². The van der Waals surface area contributed by atoms with E-state index >= 15 is 0 Å². The molecule has 0 aliphatic heterocycles. The van der Waals surface area contributed by atoms with E-state index in [9.17, 15) is 0 Å². The van der Waals surface area contributed by atoms with Gasteiger partial charge in [-0.25, -0.2) is 4.98 Å². The minimum atomic E-state index is 0.252. The van der Waals surface area contributed by atoms with Crippen molar-refractivity contribution < 1.29 is 0 Å². The van der Waals surface area contributed by atoms with Gasteiger partial charge < -0.3 is 5.32 Å². The Morgan fingerprint density at radius 3 is 2.75 bits per heavy atom. The largest absolute Gasteiger partial charge is 0.303 e. The molecule has 0 radical (unpaired) electrons. The van der Waals surface area contributed by atoms with Crippen molar-refractivity contribution in [2.45, 2.75) is 38.3 Å². The number of hydrogen-bond acceptors (Lipinski definition) is 3. The van der Waals surface area contributed by atoms with Gasteiger partial charge in [-0.05, 0) is 26.7 Å². The van der Waals surface area contributed by atoms with E-state index in [1.165, 1.54) is 17.8 Å². The van der Waals surface area contributed by atoms with Crippen molar-refractivity contribution in [2.75, 3.05) is 0 Å². The van der Waals surface area contributed by atoms with Crippen LogP contribution < -0.4 is 5.32 Å². The molecule has 1 aliphatic rings. The molecule has 0 aromatic carbocycles. The lowest BCUT2D eigenvalue weighted by molar-refractivity contribution is 0.460. The van der Waals surface area contributed by atoms with Gasteiger partial charge in [0, 0.05) is 17.6 Å². The second-order valence-electron chi connectivity index (χ2n) is 3.72. The van der Waals surface area contributed by atoms with E-state index in [2.05, 4.69) is 29.5 Å². The van der Waals surface area contributed by atoms with Crippen LogP contribution in [0.4, 0.5) is 0 Å². The molecule has 1 aromatic rings. The van der Waals surface area contributed by atoms with E-state index in [0.717, 1.165) is 0 Å². The zero-order valence-electron chi connectivity index (χ0n) is 7.50. The molecular weight excluding hydrogens is 168 g/mol. The van der Waals surface area contributed by atoms with Gasteiger partial charge in [-0.3, -0.25) is 0 Å². The van der Waals surface area contributed by atoms with E-state index in [4.69, 9.17) is 0 Å². The molecule has 1 fully saturated rings. The Kier molecular flexibility index (Phi) is 1.93. The number of aromatic nitrogens is 1. The molecule has 0 atom stereocenters. The first-order chi connectivity index (χ1) is 5.73. The first kappa shape index (κ1) is 8.20. The van der Waals surface area contributed by atoms with Crippen molar-refractivity contribution in [3.05, 3.63) is 16.6 Å². The number of thiazole rings is 1. The number of hydrogen-bond donors (Lipinski definition) is 1. The summed E-state index contributed by atoms with van der Waals surface area (Å²) < 4.78 is 0. The maximum absolute atomic E-state index is 4.36. The fraction of sp³-hybridized carbons (Fsp3) is 0.667. The second-order valence-corrected chi connectivity index (χ2v) is 4.61. The van der Waals surface area contributed by atoms with Gasteiger partial charge in [-0.1, -0.05) is 0 Å². The highest BCUT2D eigenvalue weighted by atomic mass is 32.1. The Bertz CT molecular complexity index is 250. The summed E-state index contributed by atoms with van der Waals surface area (Å²) in [4.78, 5) is 4.36. The lowest BCUT2D eigenvalue weighted by Gasteiger charge is -2.17. The van der Waals surface area contributed by atoms with Gasteiger partial charge in [0.2, 0.25) is 0 Å². The molecule has 2 nitrogen and oxygen atoms in total. The van der Waals surface area contributed by atoms with Crippen LogP contribution in [0.15, 0.2) is 11.6 Å². The first-order valence-corrected chi connectivity index (χ1v) is 5.29. The molecule has 66 valence electrons. The average Bonchev–Trinajstić information content (AvgIpc) is 2.61. The lowest BCUT2D eigenvalue weighted by atomic mass is 10.2. The van der Waals surface area contributed by atoms with Gasteiger partial charge in [0.25, 0.3) is 0 Å². The van der Waals surface area contributed by atoms with Crippen molar-refractivity contribution in [3.8, 4) is 0 Å². The number of nitrogens with one attached hydrogen (secondary N) is 1. The monoisotopic (exact) mass is 182 g/mol. The molecule has 1 aliphatic carbocycles. The molecule has 1 aromatic heterocycles. The molecule has 0 spiro atoms. The molecule has 12 heavy (non-hydrogen) atoms. The summed E-state index contributed by atoms with van der Waals surface area (Å²) >= 11 is 1.76. The summed E-state index contributed by atoms with van der Waals surface area (Å²) in [6.07, 6.45) is 4.39. The van der Waals surface area contributed by atoms with Crippen LogP contribution >= 0.6 is 11.3 Å². The summed E-state index contributed by atoms with van der Waals surface area (Å²) in [5, 5.41) is 6.89. The van der Waals surface area contributed by atoms with Crippen molar-refractivity contribution >= 4 is 11.3 Å². The van der Waals surface area contributed by atoms with Crippen LogP contribution in [0.5, 0.6) is 0 Å². The zero-order chi connectivity index (χ0) is 8.60. The lowest BCUT2D eigenvalue weighted by Crippen LogP contribution is -2.34. The number of rotatable bonds is 3. The molecule has 1 heterocycles. The van der Waals surface area contributed by atoms with Crippen LogP contribution in [0.25, 0.3) is 0 Å². The van der Waals surface area contributed by atoms with Gasteiger partial charge in [0.05, 0.1) is 5.54 Å². The Morgan fingerprint density at radius 1 is 1.58 bits per heavy atom. The third-order valence-electron chi connectivity index (χ3n) is 2.16. The Labute approximate surface area is 77.0 Å². The van der Waals surface area contributed by atoms with E-state index in [-0.39, 0.29) is 5.54 Å². The van der Waals surface area contributed by atoms with Crippen LogP contribution in [0.1, 0.15) is 31.7 Å². The highest BCUT2D eigenvalue weighted by molar-refractivity contribution is 7.09. The van der Waals surface area contributed by atoms with Gasteiger partial charge >= 0.3 is 0 Å². The van der Waals surface area contributed by atoms with E-state index in [1.807, 2.05) is 6.20 Å². The average molecular weight is 182 g/mol. The molecule has 2 rings (SSSR count). The fourth-order valence-electron chi connectivity index (χ4n) is 1.56. The molecule has 3 heteroatoms. The predicted octanol–water partition coefficient (Wildman–Crippen LogP) is 2.13. The molecule has 0 unspecified atom stereocenters. The Balaban J connectivity index is 2.12. The topological polar surface area (TPSA) is 24.9 Å². The number of nitrogens with zero attached hydrogens (tertiary/aromatic N) is 1. The minimum Gasteiger partial charge on any atom is -0.303 e.